The molecule has 136 valence electrons. The van der Waals surface area contributed by atoms with Crippen molar-refractivity contribution in [2.24, 2.45) is 0 Å². The predicted molar refractivity (Wildman–Crippen MR) is 88.5 cm³/mol. The fourth-order valence-electron chi connectivity index (χ4n) is 2.78. The van der Waals surface area contributed by atoms with Crippen LogP contribution in [-0.2, 0) is 6.18 Å². The van der Waals surface area contributed by atoms with Gasteiger partial charge >= 0.3 is 6.18 Å². The van der Waals surface area contributed by atoms with E-state index in [2.05, 4.69) is 16.4 Å². The SMILES string of the molecule is CC(Oc1cc(C2NNNC2C#N)cc(C(F)(F)F)c1)c1ccccc1. The van der Waals surface area contributed by atoms with E-state index in [0.29, 0.717) is 5.56 Å². The van der Waals surface area contributed by atoms with Gasteiger partial charge in [0.05, 0.1) is 17.7 Å². The fraction of sp³-hybridized carbons (Fsp3) is 0.278. The zero-order valence-corrected chi connectivity index (χ0v) is 13.8. The van der Waals surface area contributed by atoms with E-state index in [1.165, 1.54) is 6.07 Å². The van der Waals surface area contributed by atoms with E-state index >= 15 is 0 Å². The Labute approximate surface area is 148 Å². The van der Waals surface area contributed by atoms with Gasteiger partial charge in [-0.2, -0.15) is 24.0 Å². The Morgan fingerprint density at radius 1 is 1.12 bits per heavy atom. The third-order valence-corrected chi connectivity index (χ3v) is 4.12. The first-order valence-corrected chi connectivity index (χ1v) is 7.98. The summed E-state index contributed by atoms with van der Waals surface area (Å²) in [6, 6.07) is 13.4. The Morgan fingerprint density at radius 2 is 1.85 bits per heavy atom. The van der Waals surface area contributed by atoms with Crippen LogP contribution in [0.5, 0.6) is 5.75 Å². The van der Waals surface area contributed by atoms with Crippen LogP contribution in [-0.4, -0.2) is 6.04 Å². The summed E-state index contributed by atoms with van der Waals surface area (Å²) < 4.78 is 45.7. The van der Waals surface area contributed by atoms with Crippen molar-refractivity contribution in [3.8, 4) is 11.8 Å². The molecule has 1 heterocycles. The van der Waals surface area contributed by atoms with Gasteiger partial charge in [-0.3, -0.25) is 0 Å². The van der Waals surface area contributed by atoms with Crippen LogP contribution in [0.3, 0.4) is 0 Å². The molecule has 3 rings (SSSR count). The van der Waals surface area contributed by atoms with Crippen molar-refractivity contribution in [3.05, 3.63) is 65.2 Å². The number of benzene rings is 2. The highest BCUT2D eigenvalue weighted by atomic mass is 19.4. The maximum atomic E-state index is 13.3. The number of hydrogen-bond acceptors (Lipinski definition) is 5. The average molecular weight is 362 g/mol. The van der Waals surface area contributed by atoms with E-state index in [-0.39, 0.29) is 5.75 Å². The maximum absolute atomic E-state index is 13.3. The molecule has 3 unspecified atom stereocenters. The summed E-state index contributed by atoms with van der Waals surface area (Å²) in [7, 11) is 0. The van der Waals surface area contributed by atoms with Crippen molar-refractivity contribution in [3.63, 3.8) is 0 Å². The molecule has 0 amide bonds. The first kappa shape index (κ1) is 18.2. The molecule has 26 heavy (non-hydrogen) atoms. The summed E-state index contributed by atoms with van der Waals surface area (Å²) in [5.41, 5.74) is 8.32. The number of hydrazine groups is 2. The third kappa shape index (κ3) is 3.96. The molecule has 3 N–H and O–H groups in total. The molecule has 0 bridgehead atoms. The van der Waals surface area contributed by atoms with Crippen LogP contribution < -0.4 is 21.1 Å². The standard InChI is InChI=1S/C18H17F3N4O/c1-11(12-5-3-2-4-6-12)26-15-8-13(7-14(9-15)18(19,20)21)17-16(10-22)23-25-24-17/h2-9,11,16-17,23-25H,1H3. The number of ether oxygens (including phenoxy) is 1. The summed E-state index contributed by atoms with van der Waals surface area (Å²) >= 11 is 0. The molecule has 0 saturated carbocycles. The summed E-state index contributed by atoms with van der Waals surface area (Å²) in [4.78, 5) is 0. The van der Waals surface area contributed by atoms with E-state index in [1.807, 2.05) is 36.4 Å². The lowest BCUT2D eigenvalue weighted by atomic mass is 9.99. The van der Waals surface area contributed by atoms with Crippen LogP contribution in [0.4, 0.5) is 13.2 Å². The second-order valence-corrected chi connectivity index (χ2v) is 5.96. The van der Waals surface area contributed by atoms with Gasteiger partial charge in [0, 0.05) is 0 Å². The highest BCUT2D eigenvalue weighted by Gasteiger charge is 2.34. The number of nitrogens with zero attached hydrogens (tertiary/aromatic N) is 1. The molecule has 1 aliphatic rings. The van der Waals surface area contributed by atoms with Crippen molar-refractivity contribution in [2.75, 3.05) is 0 Å². The zero-order valence-electron chi connectivity index (χ0n) is 13.8. The van der Waals surface area contributed by atoms with Gasteiger partial charge in [0.25, 0.3) is 0 Å². The zero-order chi connectivity index (χ0) is 18.7. The van der Waals surface area contributed by atoms with Crippen LogP contribution >= 0.6 is 0 Å². The summed E-state index contributed by atoms with van der Waals surface area (Å²) in [5, 5.41) is 9.14. The number of rotatable bonds is 4. The number of hydrogen-bond donors (Lipinski definition) is 3. The minimum Gasteiger partial charge on any atom is -0.486 e. The normalized spacial score (nSPS) is 21.2. The first-order chi connectivity index (χ1) is 12.4. The lowest BCUT2D eigenvalue weighted by Gasteiger charge is -2.20. The minimum absolute atomic E-state index is 0.0940. The van der Waals surface area contributed by atoms with E-state index in [0.717, 1.165) is 17.7 Å². The Morgan fingerprint density at radius 3 is 2.50 bits per heavy atom. The molecule has 1 fully saturated rings. The smallest absolute Gasteiger partial charge is 0.416 e. The van der Waals surface area contributed by atoms with E-state index in [4.69, 9.17) is 10.00 Å². The fourth-order valence-corrected chi connectivity index (χ4v) is 2.78. The van der Waals surface area contributed by atoms with Crippen LogP contribution in [0.25, 0.3) is 0 Å². The molecule has 0 aliphatic carbocycles. The van der Waals surface area contributed by atoms with E-state index in [9.17, 15) is 13.2 Å². The van der Waals surface area contributed by atoms with Crippen molar-refractivity contribution in [2.45, 2.75) is 31.3 Å². The number of alkyl halides is 3. The van der Waals surface area contributed by atoms with Crippen molar-refractivity contribution in [1.29, 1.82) is 5.26 Å². The Bertz CT molecular complexity index is 804. The lowest BCUT2D eigenvalue weighted by Crippen LogP contribution is -2.32. The Hall–Kier alpha value is -2.60. The van der Waals surface area contributed by atoms with E-state index < -0.39 is 29.9 Å². The second kappa shape index (κ2) is 7.33. The Kier molecular flexibility index (Phi) is 5.13. The maximum Gasteiger partial charge on any atom is 0.416 e. The molecule has 2 aromatic carbocycles. The van der Waals surface area contributed by atoms with Crippen molar-refractivity contribution >= 4 is 0 Å². The molecule has 1 saturated heterocycles. The Balaban J connectivity index is 1.94. The molecule has 1 aliphatic heterocycles. The molecular weight excluding hydrogens is 345 g/mol. The molecule has 3 atom stereocenters. The largest absolute Gasteiger partial charge is 0.486 e. The number of nitriles is 1. The second-order valence-electron chi connectivity index (χ2n) is 5.96. The summed E-state index contributed by atoms with van der Waals surface area (Å²) in [6.07, 6.45) is -4.95. The molecule has 0 spiro atoms. The average Bonchev–Trinajstić information content (AvgIpc) is 3.10. The molecule has 5 nitrogen and oxygen atoms in total. The molecule has 8 heteroatoms. The monoisotopic (exact) mass is 362 g/mol. The van der Waals surface area contributed by atoms with Gasteiger partial charge in [-0.1, -0.05) is 30.3 Å². The minimum atomic E-state index is -4.52. The molecule has 2 aromatic rings. The van der Waals surface area contributed by atoms with Gasteiger partial charge < -0.3 is 4.74 Å². The topological polar surface area (TPSA) is 69.1 Å². The van der Waals surface area contributed by atoms with Crippen molar-refractivity contribution in [1.82, 2.24) is 16.4 Å². The quantitative estimate of drug-likeness (QED) is 0.778. The van der Waals surface area contributed by atoms with Gasteiger partial charge in [0.2, 0.25) is 0 Å². The number of halogens is 3. The van der Waals surface area contributed by atoms with Gasteiger partial charge in [-0.15, -0.1) is 0 Å². The number of nitrogens with one attached hydrogen (secondary N) is 3. The summed E-state index contributed by atoms with van der Waals surface area (Å²) in [6.45, 7) is 1.77. The molecule has 0 radical (unpaired) electrons. The van der Waals surface area contributed by atoms with Crippen LogP contribution in [0.1, 0.15) is 35.8 Å². The van der Waals surface area contributed by atoms with Crippen LogP contribution in [0.15, 0.2) is 48.5 Å². The van der Waals surface area contributed by atoms with Crippen LogP contribution in [0.2, 0.25) is 0 Å². The summed E-state index contributed by atoms with van der Waals surface area (Å²) in [5.74, 6) is 0.0940. The van der Waals surface area contributed by atoms with Crippen LogP contribution in [0, 0.1) is 11.3 Å². The van der Waals surface area contributed by atoms with Crippen molar-refractivity contribution < 1.29 is 17.9 Å². The lowest BCUT2D eigenvalue weighted by molar-refractivity contribution is -0.137. The predicted octanol–water partition coefficient (Wildman–Crippen LogP) is 3.39. The van der Waals surface area contributed by atoms with Gasteiger partial charge in [0.1, 0.15) is 17.9 Å². The highest BCUT2D eigenvalue weighted by Crippen LogP contribution is 2.36. The van der Waals surface area contributed by atoms with Gasteiger partial charge in [-0.25, -0.2) is 10.9 Å². The van der Waals surface area contributed by atoms with Gasteiger partial charge in [-0.05, 0) is 36.2 Å². The molecule has 0 aromatic heterocycles. The van der Waals surface area contributed by atoms with Gasteiger partial charge in [0.15, 0.2) is 0 Å². The van der Waals surface area contributed by atoms with E-state index in [1.54, 1.807) is 6.92 Å². The first-order valence-electron chi connectivity index (χ1n) is 7.98. The highest BCUT2D eigenvalue weighted by molar-refractivity contribution is 5.39. The third-order valence-electron chi connectivity index (χ3n) is 4.12. The molecular formula is C18H17F3N4O.